The minimum absolute atomic E-state index is 0.189. The molecule has 3 heteroatoms. The summed E-state index contributed by atoms with van der Waals surface area (Å²) in [4.78, 5) is 2.69. The number of ether oxygens (including phenoxy) is 1. The van der Waals surface area contributed by atoms with E-state index in [-0.39, 0.29) is 5.54 Å². The van der Waals surface area contributed by atoms with Crippen LogP contribution < -0.4 is 5.73 Å². The smallest absolute Gasteiger partial charge is 0.0502 e. The van der Waals surface area contributed by atoms with Crippen molar-refractivity contribution in [2.24, 2.45) is 23.5 Å². The quantitative estimate of drug-likeness (QED) is 0.744. The van der Waals surface area contributed by atoms with Gasteiger partial charge >= 0.3 is 0 Å². The van der Waals surface area contributed by atoms with Crippen LogP contribution in [0.2, 0.25) is 0 Å². The van der Waals surface area contributed by atoms with E-state index in [1.807, 2.05) is 7.11 Å². The number of nitrogens with zero attached hydrogens (tertiary/aromatic N) is 1. The summed E-state index contributed by atoms with van der Waals surface area (Å²) >= 11 is 0. The second kappa shape index (κ2) is 8.35. The topological polar surface area (TPSA) is 38.5 Å². The standard InChI is InChI=1S/C17H36N2O/c1-14(2)9-17(13-18,10-15(3)4)19-8-6-7-16(11-19)12-20-5/h14-16H,6-13,18H2,1-5H3. The third-order valence-electron chi connectivity index (χ3n) is 4.55. The van der Waals surface area contributed by atoms with E-state index in [2.05, 4.69) is 32.6 Å². The Morgan fingerprint density at radius 1 is 1.20 bits per heavy atom. The Kier molecular flexibility index (Phi) is 7.49. The lowest BCUT2D eigenvalue weighted by molar-refractivity contribution is 0.000149. The molecule has 3 nitrogen and oxygen atoms in total. The van der Waals surface area contributed by atoms with E-state index >= 15 is 0 Å². The Hall–Kier alpha value is -0.120. The van der Waals surface area contributed by atoms with Crippen LogP contribution in [0.3, 0.4) is 0 Å². The van der Waals surface area contributed by atoms with Crippen molar-refractivity contribution in [1.82, 2.24) is 4.90 Å². The first-order valence-corrected chi connectivity index (χ1v) is 8.37. The number of piperidine rings is 1. The van der Waals surface area contributed by atoms with E-state index in [1.165, 1.54) is 32.2 Å². The Labute approximate surface area is 126 Å². The van der Waals surface area contributed by atoms with Gasteiger partial charge in [-0.15, -0.1) is 0 Å². The maximum atomic E-state index is 6.28. The Balaban J connectivity index is 2.84. The molecule has 1 saturated heterocycles. The van der Waals surface area contributed by atoms with Crippen LogP contribution in [-0.2, 0) is 4.74 Å². The Bertz CT molecular complexity index is 254. The molecule has 1 aliphatic rings. The molecule has 0 aliphatic carbocycles. The van der Waals surface area contributed by atoms with Gasteiger partial charge in [-0.3, -0.25) is 4.90 Å². The molecule has 2 N–H and O–H groups in total. The summed E-state index contributed by atoms with van der Waals surface area (Å²) in [5.41, 5.74) is 6.47. The van der Waals surface area contributed by atoms with Crippen LogP contribution in [0.25, 0.3) is 0 Å². The van der Waals surface area contributed by atoms with Crippen LogP contribution in [0.4, 0.5) is 0 Å². The first-order valence-electron chi connectivity index (χ1n) is 8.37. The number of rotatable bonds is 8. The predicted octanol–water partition coefficient (Wildman–Crippen LogP) is 3.13. The normalized spacial score (nSPS) is 21.9. The molecule has 0 aromatic heterocycles. The van der Waals surface area contributed by atoms with Gasteiger partial charge in [0, 0.05) is 25.7 Å². The summed E-state index contributed by atoms with van der Waals surface area (Å²) in [6.45, 7) is 13.3. The van der Waals surface area contributed by atoms with Gasteiger partial charge in [0.1, 0.15) is 0 Å². The maximum Gasteiger partial charge on any atom is 0.0502 e. The zero-order chi connectivity index (χ0) is 15.2. The van der Waals surface area contributed by atoms with Gasteiger partial charge in [0.25, 0.3) is 0 Å². The van der Waals surface area contributed by atoms with Gasteiger partial charge in [-0.05, 0) is 50.0 Å². The summed E-state index contributed by atoms with van der Waals surface area (Å²) in [6.07, 6.45) is 5.00. The second-order valence-electron chi connectivity index (χ2n) is 7.53. The molecule has 20 heavy (non-hydrogen) atoms. The second-order valence-corrected chi connectivity index (χ2v) is 7.53. The largest absolute Gasteiger partial charge is 0.384 e. The van der Waals surface area contributed by atoms with Crippen molar-refractivity contribution < 1.29 is 4.74 Å². The van der Waals surface area contributed by atoms with E-state index in [9.17, 15) is 0 Å². The zero-order valence-electron chi connectivity index (χ0n) is 14.3. The SMILES string of the molecule is COCC1CCCN(C(CN)(CC(C)C)CC(C)C)C1. The first kappa shape index (κ1) is 17.9. The highest BCUT2D eigenvalue weighted by atomic mass is 16.5. The lowest BCUT2D eigenvalue weighted by Gasteiger charge is -2.49. The van der Waals surface area contributed by atoms with Gasteiger partial charge in [-0.25, -0.2) is 0 Å². The minimum Gasteiger partial charge on any atom is -0.384 e. The third-order valence-corrected chi connectivity index (χ3v) is 4.55. The summed E-state index contributed by atoms with van der Waals surface area (Å²) in [5, 5.41) is 0. The molecule has 1 unspecified atom stereocenters. The van der Waals surface area contributed by atoms with E-state index < -0.39 is 0 Å². The highest BCUT2D eigenvalue weighted by molar-refractivity contribution is 4.95. The fourth-order valence-electron chi connectivity index (χ4n) is 4.02. The maximum absolute atomic E-state index is 6.28. The molecule has 1 aliphatic heterocycles. The molecule has 1 atom stereocenters. The number of methoxy groups -OCH3 is 1. The molecule has 0 spiro atoms. The van der Waals surface area contributed by atoms with Crippen LogP contribution in [-0.4, -0.2) is 43.8 Å². The molecular formula is C17H36N2O. The van der Waals surface area contributed by atoms with Crippen LogP contribution in [0.5, 0.6) is 0 Å². The van der Waals surface area contributed by atoms with Crippen LogP contribution in [0, 0.1) is 17.8 Å². The van der Waals surface area contributed by atoms with Crippen molar-refractivity contribution in [3.05, 3.63) is 0 Å². The highest BCUT2D eigenvalue weighted by Crippen LogP contribution is 2.34. The molecule has 1 fully saturated rings. The van der Waals surface area contributed by atoms with E-state index in [1.54, 1.807) is 0 Å². The van der Waals surface area contributed by atoms with Crippen molar-refractivity contribution in [3.8, 4) is 0 Å². The number of nitrogens with two attached hydrogens (primary N) is 1. The molecule has 0 amide bonds. The lowest BCUT2D eigenvalue weighted by atomic mass is 9.78. The molecular weight excluding hydrogens is 248 g/mol. The molecule has 1 heterocycles. The van der Waals surface area contributed by atoms with Gasteiger partial charge < -0.3 is 10.5 Å². The van der Waals surface area contributed by atoms with Crippen LogP contribution in [0.15, 0.2) is 0 Å². The summed E-state index contributed by atoms with van der Waals surface area (Å²) in [6, 6.07) is 0. The molecule has 0 aromatic carbocycles. The molecule has 0 radical (unpaired) electrons. The fraction of sp³-hybridized carbons (Fsp3) is 1.00. The molecule has 0 bridgehead atoms. The van der Waals surface area contributed by atoms with Crippen LogP contribution in [0.1, 0.15) is 53.4 Å². The van der Waals surface area contributed by atoms with Crippen molar-refractivity contribution >= 4 is 0 Å². The lowest BCUT2D eigenvalue weighted by Crippen LogP contribution is -2.58. The van der Waals surface area contributed by atoms with Crippen molar-refractivity contribution in [2.75, 3.05) is 33.4 Å². The number of hydrogen-bond donors (Lipinski definition) is 1. The summed E-state index contributed by atoms with van der Waals surface area (Å²) < 4.78 is 5.38. The monoisotopic (exact) mass is 284 g/mol. The summed E-state index contributed by atoms with van der Waals surface area (Å²) in [5.74, 6) is 2.07. The average Bonchev–Trinajstić information content (AvgIpc) is 2.37. The molecule has 120 valence electrons. The number of likely N-dealkylation sites (tertiary alicyclic amines) is 1. The average molecular weight is 284 g/mol. The molecule has 0 aromatic rings. The van der Waals surface area contributed by atoms with E-state index in [4.69, 9.17) is 10.5 Å². The van der Waals surface area contributed by atoms with Gasteiger partial charge in [-0.2, -0.15) is 0 Å². The van der Waals surface area contributed by atoms with Gasteiger partial charge in [-0.1, -0.05) is 27.7 Å². The Morgan fingerprint density at radius 3 is 2.25 bits per heavy atom. The van der Waals surface area contributed by atoms with Crippen molar-refractivity contribution in [1.29, 1.82) is 0 Å². The van der Waals surface area contributed by atoms with Crippen LogP contribution >= 0.6 is 0 Å². The predicted molar refractivity (Wildman–Crippen MR) is 86.9 cm³/mol. The number of hydrogen-bond acceptors (Lipinski definition) is 3. The fourth-order valence-corrected chi connectivity index (χ4v) is 4.02. The van der Waals surface area contributed by atoms with Gasteiger partial charge in [0.05, 0.1) is 6.61 Å². The minimum atomic E-state index is 0.189. The summed E-state index contributed by atoms with van der Waals surface area (Å²) in [7, 11) is 1.82. The van der Waals surface area contributed by atoms with Gasteiger partial charge in [0.2, 0.25) is 0 Å². The molecule has 1 rings (SSSR count). The van der Waals surface area contributed by atoms with Gasteiger partial charge in [0.15, 0.2) is 0 Å². The van der Waals surface area contributed by atoms with Crippen molar-refractivity contribution in [2.45, 2.75) is 58.9 Å². The third kappa shape index (κ3) is 5.01. The molecule has 0 saturated carbocycles. The zero-order valence-corrected chi connectivity index (χ0v) is 14.3. The highest BCUT2D eigenvalue weighted by Gasteiger charge is 2.38. The van der Waals surface area contributed by atoms with E-state index in [0.717, 1.165) is 19.7 Å². The van der Waals surface area contributed by atoms with Crippen molar-refractivity contribution in [3.63, 3.8) is 0 Å². The first-order chi connectivity index (χ1) is 9.43. The Morgan fingerprint density at radius 2 is 1.80 bits per heavy atom. The van der Waals surface area contributed by atoms with E-state index in [0.29, 0.717) is 17.8 Å².